The standard InChI is InChI=1S/C17H28N2O2/c1-4-21-17-15(6-5-7-16(17)20)19-12-9-14(10-13-19)8-11-18(2)3/h5-7,14,20H,4,8-13H2,1-3H3. The number of ether oxygens (including phenoxy) is 1. The number of phenols is 1. The lowest BCUT2D eigenvalue weighted by Gasteiger charge is -2.35. The Morgan fingerprint density at radius 2 is 2.00 bits per heavy atom. The molecule has 0 aromatic heterocycles. The number of phenolic OH excluding ortho intramolecular Hbond substituents is 1. The lowest BCUT2D eigenvalue weighted by Crippen LogP contribution is -2.34. The van der Waals surface area contributed by atoms with Crippen LogP contribution in [0.4, 0.5) is 5.69 Å². The van der Waals surface area contributed by atoms with E-state index in [0.29, 0.717) is 12.4 Å². The quantitative estimate of drug-likeness (QED) is 0.874. The first-order chi connectivity index (χ1) is 10.1. The minimum atomic E-state index is 0.240. The molecule has 1 aliphatic rings. The van der Waals surface area contributed by atoms with Crippen molar-refractivity contribution < 1.29 is 9.84 Å². The van der Waals surface area contributed by atoms with E-state index in [2.05, 4.69) is 23.9 Å². The van der Waals surface area contributed by atoms with Crippen LogP contribution < -0.4 is 9.64 Å². The lowest BCUT2D eigenvalue weighted by atomic mass is 9.93. The SMILES string of the molecule is CCOc1c(O)cccc1N1CCC(CCN(C)C)CC1. The Balaban J connectivity index is 1.97. The molecule has 4 nitrogen and oxygen atoms in total. The maximum absolute atomic E-state index is 9.99. The van der Waals surface area contributed by atoms with Gasteiger partial charge >= 0.3 is 0 Å². The molecule has 0 atom stereocenters. The van der Waals surface area contributed by atoms with Crippen LogP contribution >= 0.6 is 0 Å². The third kappa shape index (κ3) is 4.27. The summed E-state index contributed by atoms with van der Waals surface area (Å²) in [5.41, 5.74) is 1.03. The van der Waals surface area contributed by atoms with E-state index >= 15 is 0 Å². The average molecular weight is 292 g/mol. The number of hydrogen-bond donors (Lipinski definition) is 1. The molecule has 1 aromatic rings. The van der Waals surface area contributed by atoms with E-state index in [1.807, 2.05) is 19.1 Å². The number of anilines is 1. The minimum Gasteiger partial charge on any atom is -0.504 e. The maximum atomic E-state index is 9.99. The van der Waals surface area contributed by atoms with Crippen LogP contribution in [0.15, 0.2) is 18.2 Å². The van der Waals surface area contributed by atoms with E-state index in [1.165, 1.54) is 25.8 Å². The molecule has 1 fully saturated rings. The fraction of sp³-hybridized carbons (Fsp3) is 0.647. The van der Waals surface area contributed by atoms with Gasteiger partial charge in [0, 0.05) is 13.1 Å². The highest BCUT2D eigenvalue weighted by Gasteiger charge is 2.22. The summed E-state index contributed by atoms with van der Waals surface area (Å²) in [4.78, 5) is 4.60. The monoisotopic (exact) mass is 292 g/mol. The molecule has 1 aliphatic heterocycles. The molecule has 1 N–H and O–H groups in total. The summed E-state index contributed by atoms with van der Waals surface area (Å²) < 4.78 is 5.63. The van der Waals surface area contributed by atoms with Crippen molar-refractivity contribution in [1.29, 1.82) is 0 Å². The fourth-order valence-corrected chi connectivity index (χ4v) is 2.96. The second-order valence-electron chi connectivity index (χ2n) is 6.08. The van der Waals surface area contributed by atoms with Crippen molar-refractivity contribution in [2.45, 2.75) is 26.2 Å². The first-order valence-electron chi connectivity index (χ1n) is 7.96. The highest BCUT2D eigenvalue weighted by Crippen LogP contribution is 2.38. The van der Waals surface area contributed by atoms with Crippen molar-refractivity contribution >= 4 is 5.69 Å². The topological polar surface area (TPSA) is 35.9 Å². The van der Waals surface area contributed by atoms with E-state index < -0.39 is 0 Å². The van der Waals surface area contributed by atoms with Crippen LogP contribution in [0.3, 0.4) is 0 Å². The normalized spacial score (nSPS) is 16.5. The van der Waals surface area contributed by atoms with Gasteiger partial charge < -0.3 is 19.6 Å². The van der Waals surface area contributed by atoms with Gasteiger partial charge in [-0.1, -0.05) is 6.07 Å². The molecular weight excluding hydrogens is 264 g/mol. The summed E-state index contributed by atoms with van der Waals surface area (Å²) >= 11 is 0. The van der Waals surface area contributed by atoms with Crippen LogP contribution in [0, 0.1) is 5.92 Å². The zero-order valence-electron chi connectivity index (χ0n) is 13.5. The van der Waals surface area contributed by atoms with E-state index in [0.717, 1.165) is 24.7 Å². The predicted octanol–water partition coefficient (Wildman–Crippen LogP) is 2.96. The number of rotatable bonds is 6. The Morgan fingerprint density at radius 3 is 2.62 bits per heavy atom. The summed E-state index contributed by atoms with van der Waals surface area (Å²) in [5, 5.41) is 9.99. The molecule has 0 amide bonds. The molecule has 0 saturated carbocycles. The fourth-order valence-electron chi connectivity index (χ4n) is 2.96. The van der Waals surface area contributed by atoms with Gasteiger partial charge in [-0.25, -0.2) is 0 Å². The molecule has 21 heavy (non-hydrogen) atoms. The van der Waals surface area contributed by atoms with Crippen LogP contribution in [0.1, 0.15) is 26.2 Å². The molecular formula is C17H28N2O2. The van der Waals surface area contributed by atoms with Gasteiger partial charge in [0.25, 0.3) is 0 Å². The molecule has 1 aromatic carbocycles. The van der Waals surface area contributed by atoms with Crippen molar-refractivity contribution in [2.75, 3.05) is 45.2 Å². The molecule has 1 saturated heterocycles. The highest BCUT2D eigenvalue weighted by molar-refractivity contribution is 5.64. The highest BCUT2D eigenvalue weighted by atomic mass is 16.5. The molecule has 0 unspecified atom stereocenters. The largest absolute Gasteiger partial charge is 0.504 e. The van der Waals surface area contributed by atoms with Gasteiger partial charge in [-0.15, -0.1) is 0 Å². The van der Waals surface area contributed by atoms with E-state index in [9.17, 15) is 5.11 Å². The van der Waals surface area contributed by atoms with Gasteiger partial charge in [-0.3, -0.25) is 0 Å². The molecule has 0 radical (unpaired) electrons. The first kappa shape index (κ1) is 16.0. The molecule has 0 bridgehead atoms. The molecule has 0 spiro atoms. The Kier molecular flexibility index (Phi) is 5.74. The Hall–Kier alpha value is -1.42. The summed E-state index contributed by atoms with van der Waals surface area (Å²) in [6.07, 6.45) is 3.71. The maximum Gasteiger partial charge on any atom is 0.184 e. The van der Waals surface area contributed by atoms with Gasteiger partial charge in [-0.05, 0) is 64.9 Å². The van der Waals surface area contributed by atoms with Crippen LogP contribution in [0.2, 0.25) is 0 Å². The summed E-state index contributed by atoms with van der Waals surface area (Å²) in [5.74, 6) is 1.69. The van der Waals surface area contributed by atoms with Crippen molar-refractivity contribution in [3.63, 3.8) is 0 Å². The molecule has 2 rings (SSSR count). The number of hydrogen-bond acceptors (Lipinski definition) is 4. The van der Waals surface area contributed by atoms with E-state index in [4.69, 9.17) is 4.74 Å². The van der Waals surface area contributed by atoms with Gasteiger partial charge in [0.05, 0.1) is 12.3 Å². The zero-order valence-corrected chi connectivity index (χ0v) is 13.5. The van der Waals surface area contributed by atoms with Crippen LogP contribution in [-0.2, 0) is 0 Å². The van der Waals surface area contributed by atoms with Gasteiger partial charge in [-0.2, -0.15) is 0 Å². The van der Waals surface area contributed by atoms with Crippen molar-refractivity contribution in [2.24, 2.45) is 5.92 Å². The third-order valence-corrected chi connectivity index (χ3v) is 4.20. The van der Waals surface area contributed by atoms with Crippen LogP contribution in [0.25, 0.3) is 0 Å². The Labute approximate surface area is 128 Å². The summed E-state index contributed by atoms with van der Waals surface area (Å²) in [6, 6.07) is 5.63. The average Bonchev–Trinajstić information content (AvgIpc) is 2.48. The number of nitrogens with zero attached hydrogens (tertiary/aromatic N) is 2. The minimum absolute atomic E-state index is 0.240. The number of para-hydroxylation sites is 1. The number of benzene rings is 1. The summed E-state index contributed by atoms with van der Waals surface area (Å²) in [6.45, 7) is 5.78. The first-order valence-corrected chi connectivity index (χ1v) is 7.96. The van der Waals surface area contributed by atoms with Gasteiger partial charge in [0.15, 0.2) is 11.5 Å². The van der Waals surface area contributed by atoms with Crippen LogP contribution in [-0.4, -0.2) is 50.3 Å². The lowest BCUT2D eigenvalue weighted by molar-refractivity contribution is 0.305. The number of piperidine rings is 1. The van der Waals surface area contributed by atoms with E-state index in [1.54, 1.807) is 6.07 Å². The molecule has 4 heteroatoms. The van der Waals surface area contributed by atoms with E-state index in [-0.39, 0.29) is 5.75 Å². The van der Waals surface area contributed by atoms with Crippen molar-refractivity contribution in [3.05, 3.63) is 18.2 Å². The molecule has 1 heterocycles. The number of aromatic hydroxyl groups is 1. The third-order valence-electron chi connectivity index (χ3n) is 4.20. The Bertz CT molecular complexity index is 440. The van der Waals surface area contributed by atoms with Gasteiger partial charge in [0.1, 0.15) is 0 Å². The zero-order chi connectivity index (χ0) is 15.2. The van der Waals surface area contributed by atoms with Crippen LogP contribution in [0.5, 0.6) is 11.5 Å². The molecule has 0 aliphatic carbocycles. The van der Waals surface area contributed by atoms with Crippen molar-refractivity contribution in [1.82, 2.24) is 4.90 Å². The summed E-state index contributed by atoms with van der Waals surface area (Å²) in [7, 11) is 4.27. The van der Waals surface area contributed by atoms with Gasteiger partial charge in [0.2, 0.25) is 0 Å². The second-order valence-corrected chi connectivity index (χ2v) is 6.08. The Morgan fingerprint density at radius 1 is 1.29 bits per heavy atom. The van der Waals surface area contributed by atoms with Crippen molar-refractivity contribution in [3.8, 4) is 11.5 Å². The smallest absolute Gasteiger partial charge is 0.184 e. The molecule has 118 valence electrons. The predicted molar refractivity (Wildman–Crippen MR) is 87.4 cm³/mol. The second kappa shape index (κ2) is 7.55.